The van der Waals surface area contributed by atoms with Crippen LogP contribution >= 0.6 is 0 Å². The third-order valence-corrected chi connectivity index (χ3v) is 4.15. The van der Waals surface area contributed by atoms with Crippen LogP contribution in [0.2, 0.25) is 0 Å². The van der Waals surface area contributed by atoms with Gasteiger partial charge in [0.15, 0.2) is 0 Å². The molecule has 7 heteroatoms. The van der Waals surface area contributed by atoms with Crippen LogP contribution in [0.25, 0.3) is 11.5 Å². The molecule has 4 rings (SSSR count). The summed E-state index contributed by atoms with van der Waals surface area (Å²) >= 11 is 0. The molecular weight excluding hydrogens is 382 g/mol. The highest BCUT2D eigenvalue weighted by Crippen LogP contribution is 2.32. The number of rotatable bonds is 7. The zero-order valence-electron chi connectivity index (χ0n) is 16.0. The van der Waals surface area contributed by atoms with Gasteiger partial charge in [0.2, 0.25) is 5.89 Å². The third kappa shape index (κ3) is 5.02. The molecule has 0 radical (unpaired) electrons. The molecule has 1 N–H and O–H groups in total. The number of benzene rings is 3. The van der Waals surface area contributed by atoms with Crippen molar-refractivity contribution < 1.29 is 18.7 Å². The first kappa shape index (κ1) is 19.2. The number of carbonyl (C=O) groups excluding carboxylic acids is 1. The predicted octanol–water partition coefficient (Wildman–Crippen LogP) is 4.96. The molecule has 150 valence electrons. The van der Waals surface area contributed by atoms with E-state index in [1.54, 1.807) is 0 Å². The number of nitrogens with one attached hydrogen (secondary N) is 1. The average molecular weight is 401 g/mol. The number of alkyl carbamates (subject to hydrolysis) is 1. The summed E-state index contributed by atoms with van der Waals surface area (Å²) in [7, 11) is 0. The molecule has 0 spiro atoms. The second-order valence-electron chi connectivity index (χ2n) is 6.33. The molecule has 0 saturated heterocycles. The zero-order valence-corrected chi connectivity index (χ0v) is 16.0. The Hall–Kier alpha value is -4.13. The maximum absolute atomic E-state index is 11.9. The van der Waals surface area contributed by atoms with Crippen LogP contribution in [0.15, 0.2) is 89.3 Å². The summed E-state index contributed by atoms with van der Waals surface area (Å²) in [5.41, 5.74) is 1.56. The van der Waals surface area contributed by atoms with Crippen molar-refractivity contribution in [1.82, 2.24) is 15.5 Å². The van der Waals surface area contributed by atoms with E-state index in [4.69, 9.17) is 13.9 Å². The van der Waals surface area contributed by atoms with E-state index >= 15 is 0 Å². The highest BCUT2D eigenvalue weighted by molar-refractivity contribution is 5.67. The van der Waals surface area contributed by atoms with Gasteiger partial charge in [-0.25, -0.2) is 4.79 Å². The average Bonchev–Trinajstić information content (AvgIpc) is 3.27. The number of para-hydroxylation sites is 2. The summed E-state index contributed by atoms with van der Waals surface area (Å²) in [4.78, 5) is 11.9. The van der Waals surface area contributed by atoms with Crippen molar-refractivity contribution >= 4 is 6.09 Å². The maximum Gasteiger partial charge on any atom is 0.407 e. The van der Waals surface area contributed by atoms with Crippen molar-refractivity contribution in [1.29, 1.82) is 0 Å². The van der Waals surface area contributed by atoms with E-state index in [1.165, 1.54) is 0 Å². The molecule has 0 bridgehead atoms. The second kappa shape index (κ2) is 9.38. The summed E-state index contributed by atoms with van der Waals surface area (Å²) in [6.07, 6.45) is -0.564. The topological polar surface area (TPSA) is 86.5 Å². The van der Waals surface area contributed by atoms with Crippen molar-refractivity contribution in [2.45, 2.75) is 13.2 Å². The Morgan fingerprint density at radius 3 is 2.37 bits per heavy atom. The molecule has 0 aliphatic heterocycles. The molecule has 0 aliphatic carbocycles. The van der Waals surface area contributed by atoms with E-state index in [0.29, 0.717) is 23.0 Å². The van der Waals surface area contributed by atoms with Gasteiger partial charge in [-0.05, 0) is 29.8 Å². The molecule has 30 heavy (non-hydrogen) atoms. The number of amides is 1. The summed E-state index contributed by atoms with van der Waals surface area (Å²) in [5, 5.41) is 10.7. The van der Waals surface area contributed by atoms with Gasteiger partial charge in [-0.1, -0.05) is 60.7 Å². The van der Waals surface area contributed by atoms with Gasteiger partial charge in [-0.15, -0.1) is 10.2 Å². The highest BCUT2D eigenvalue weighted by Gasteiger charge is 2.15. The SMILES string of the molecule is O=C(NCc1nnc(-c2ccccc2Oc2ccccc2)o1)OCc1ccccc1. The molecule has 0 fully saturated rings. The van der Waals surface area contributed by atoms with Gasteiger partial charge in [0, 0.05) is 0 Å². The van der Waals surface area contributed by atoms with Crippen LogP contribution < -0.4 is 10.1 Å². The monoisotopic (exact) mass is 401 g/mol. The first-order chi connectivity index (χ1) is 14.8. The van der Waals surface area contributed by atoms with Crippen molar-refractivity contribution in [2.24, 2.45) is 0 Å². The predicted molar refractivity (Wildman–Crippen MR) is 110 cm³/mol. The molecule has 1 amide bonds. The van der Waals surface area contributed by atoms with E-state index in [0.717, 1.165) is 5.56 Å². The fourth-order valence-electron chi connectivity index (χ4n) is 2.70. The number of carbonyl (C=O) groups is 1. The molecule has 0 unspecified atom stereocenters. The summed E-state index contributed by atoms with van der Waals surface area (Å²) in [6, 6.07) is 26.2. The quantitative estimate of drug-likeness (QED) is 0.471. The van der Waals surface area contributed by atoms with Crippen molar-refractivity contribution in [3.05, 3.63) is 96.4 Å². The van der Waals surface area contributed by atoms with Gasteiger partial charge in [0.1, 0.15) is 18.1 Å². The molecule has 4 aromatic rings. The Morgan fingerprint density at radius 1 is 0.867 bits per heavy atom. The van der Waals surface area contributed by atoms with E-state index in [-0.39, 0.29) is 19.0 Å². The fraction of sp³-hybridized carbons (Fsp3) is 0.0870. The van der Waals surface area contributed by atoms with Crippen molar-refractivity contribution in [3.63, 3.8) is 0 Å². The third-order valence-electron chi connectivity index (χ3n) is 4.15. The molecule has 1 heterocycles. The normalized spacial score (nSPS) is 10.4. The molecule has 1 aromatic heterocycles. The number of nitrogens with zero attached hydrogens (tertiary/aromatic N) is 2. The molecule has 7 nitrogen and oxygen atoms in total. The van der Waals surface area contributed by atoms with Crippen molar-refractivity contribution in [3.8, 4) is 23.0 Å². The molecule has 0 saturated carbocycles. The number of aromatic nitrogens is 2. The minimum Gasteiger partial charge on any atom is -0.457 e. The lowest BCUT2D eigenvalue weighted by molar-refractivity contribution is 0.138. The first-order valence-electron chi connectivity index (χ1n) is 9.37. The largest absolute Gasteiger partial charge is 0.457 e. The van der Waals surface area contributed by atoms with Gasteiger partial charge >= 0.3 is 6.09 Å². The Bertz CT molecular complexity index is 1100. The maximum atomic E-state index is 11.9. The van der Waals surface area contributed by atoms with E-state index < -0.39 is 6.09 Å². The first-order valence-corrected chi connectivity index (χ1v) is 9.37. The number of hydrogen-bond donors (Lipinski definition) is 1. The Morgan fingerprint density at radius 2 is 1.57 bits per heavy atom. The fourth-order valence-corrected chi connectivity index (χ4v) is 2.70. The molecule has 0 aliphatic rings. The van der Waals surface area contributed by atoms with Crippen LogP contribution in [0, 0.1) is 0 Å². The second-order valence-corrected chi connectivity index (χ2v) is 6.33. The van der Waals surface area contributed by atoms with Crippen LogP contribution in [0.1, 0.15) is 11.5 Å². The highest BCUT2D eigenvalue weighted by atomic mass is 16.5. The number of ether oxygens (including phenoxy) is 2. The minimum atomic E-state index is -0.564. The molecular formula is C23H19N3O4. The summed E-state index contributed by atoms with van der Waals surface area (Å²) in [5.74, 6) is 1.86. The van der Waals surface area contributed by atoms with Gasteiger partial charge in [-0.2, -0.15) is 0 Å². The Kier molecular flexibility index (Phi) is 6.00. The van der Waals surface area contributed by atoms with Crippen LogP contribution in [-0.4, -0.2) is 16.3 Å². The molecule has 3 aromatic carbocycles. The Labute approximate surface area is 173 Å². The summed E-state index contributed by atoms with van der Waals surface area (Å²) < 4.78 is 16.8. The Balaban J connectivity index is 1.37. The summed E-state index contributed by atoms with van der Waals surface area (Å²) in [6.45, 7) is 0.244. The molecule has 0 atom stereocenters. The van der Waals surface area contributed by atoms with Gasteiger partial charge < -0.3 is 19.2 Å². The van der Waals surface area contributed by atoms with Crippen LogP contribution in [0.3, 0.4) is 0 Å². The van der Waals surface area contributed by atoms with Crippen LogP contribution in [-0.2, 0) is 17.9 Å². The zero-order chi connectivity index (χ0) is 20.6. The lowest BCUT2D eigenvalue weighted by Crippen LogP contribution is -2.23. The minimum absolute atomic E-state index is 0.0579. The van der Waals surface area contributed by atoms with Gasteiger partial charge in [-0.3, -0.25) is 0 Å². The van der Waals surface area contributed by atoms with Crippen LogP contribution in [0.4, 0.5) is 4.79 Å². The van der Waals surface area contributed by atoms with Gasteiger partial charge in [0.25, 0.3) is 5.89 Å². The number of hydrogen-bond acceptors (Lipinski definition) is 6. The lowest BCUT2D eigenvalue weighted by Gasteiger charge is -2.08. The van der Waals surface area contributed by atoms with E-state index in [9.17, 15) is 4.79 Å². The van der Waals surface area contributed by atoms with E-state index in [1.807, 2.05) is 84.9 Å². The van der Waals surface area contributed by atoms with Crippen molar-refractivity contribution in [2.75, 3.05) is 0 Å². The van der Waals surface area contributed by atoms with Crippen LogP contribution in [0.5, 0.6) is 11.5 Å². The standard InChI is InChI=1S/C23H19N3O4/c27-23(28-16-17-9-3-1-4-10-17)24-15-21-25-26-22(30-21)19-13-7-8-14-20(19)29-18-11-5-2-6-12-18/h1-14H,15-16H2,(H,24,27). The smallest absolute Gasteiger partial charge is 0.407 e. The van der Waals surface area contributed by atoms with E-state index in [2.05, 4.69) is 15.5 Å². The van der Waals surface area contributed by atoms with Gasteiger partial charge in [0.05, 0.1) is 12.1 Å². The lowest BCUT2D eigenvalue weighted by atomic mass is 10.2.